The number of rotatable bonds is 2. The number of benzene rings is 1. The molecule has 0 unspecified atom stereocenters. The maximum absolute atomic E-state index is 11.7. The second-order valence-corrected chi connectivity index (χ2v) is 4.89. The SMILES string of the molecule is NC(=S)NNC(=O)Cn1c(=O)sc2ccccc21. The number of carbonyl (C=O) groups excluding carboxylic acids is 1. The van der Waals surface area contributed by atoms with Crippen molar-refractivity contribution in [2.75, 3.05) is 0 Å². The number of thiocarbonyl (C=S) groups is 1. The summed E-state index contributed by atoms with van der Waals surface area (Å²) in [5, 5.41) is -0.0362. The predicted molar refractivity (Wildman–Crippen MR) is 74.1 cm³/mol. The van der Waals surface area contributed by atoms with Gasteiger partial charge in [-0.25, -0.2) is 0 Å². The zero-order chi connectivity index (χ0) is 13.1. The lowest BCUT2D eigenvalue weighted by molar-refractivity contribution is -0.122. The van der Waals surface area contributed by atoms with Gasteiger partial charge in [0.1, 0.15) is 6.54 Å². The molecule has 0 saturated heterocycles. The van der Waals surface area contributed by atoms with Crippen LogP contribution in [0.1, 0.15) is 0 Å². The third-order valence-corrected chi connectivity index (χ3v) is 3.26. The number of aromatic nitrogens is 1. The number of amides is 1. The van der Waals surface area contributed by atoms with Gasteiger partial charge in [0.2, 0.25) is 0 Å². The number of thiazole rings is 1. The fourth-order valence-corrected chi connectivity index (χ4v) is 2.42. The molecular formula is C10H10N4O2S2. The van der Waals surface area contributed by atoms with Crippen LogP contribution in [-0.4, -0.2) is 15.6 Å². The van der Waals surface area contributed by atoms with Gasteiger partial charge >= 0.3 is 4.87 Å². The Balaban J connectivity index is 2.21. The van der Waals surface area contributed by atoms with Gasteiger partial charge in [0.05, 0.1) is 10.2 Å². The van der Waals surface area contributed by atoms with E-state index in [0.29, 0.717) is 0 Å². The molecule has 1 aromatic heterocycles. The molecule has 0 radical (unpaired) electrons. The highest BCUT2D eigenvalue weighted by Gasteiger charge is 2.10. The first kappa shape index (κ1) is 12.5. The second-order valence-electron chi connectivity index (χ2n) is 3.46. The highest BCUT2D eigenvalue weighted by atomic mass is 32.1. The average Bonchev–Trinajstić information content (AvgIpc) is 2.64. The van der Waals surface area contributed by atoms with E-state index in [4.69, 9.17) is 5.73 Å². The minimum Gasteiger partial charge on any atom is -0.375 e. The molecule has 0 aliphatic heterocycles. The Bertz CT molecular complexity index is 661. The number of hydrazine groups is 1. The van der Waals surface area contributed by atoms with Gasteiger partial charge in [-0.15, -0.1) is 0 Å². The molecule has 8 heteroatoms. The van der Waals surface area contributed by atoms with E-state index in [9.17, 15) is 9.59 Å². The third-order valence-electron chi connectivity index (χ3n) is 2.20. The van der Waals surface area contributed by atoms with Gasteiger partial charge in [0.15, 0.2) is 5.11 Å². The highest BCUT2D eigenvalue weighted by Crippen LogP contribution is 2.15. The first-order valence-corrected chi connectivity index (χ1v) is 6.23. The lowest BCUT2D eigenvalue weighted by Gasteiger charge is -2.06. The van der Waals surface area contributed by atoms with Gasteiger partial charge in [-0.05, 0) is 24.4 Å². The lowest BCUT2D eigenvalue weighted by atomic mass is 10.3. The standard InChI is InChI=1S/C10H10N4O2S2/c11-9(17)13-12-8(15)5-14-6-3-1-2-4-7(6)18-10(14)16/h1-4H,5H2,(H,12,15)(H3,11,13,17). The van der Waals surface area contributed by atoms with Crippen molar-refractivity contribution in [1.29, 1.82) is 0 Å². The van der Waals surface area contributed by atoms with Crippen LogP contribution in [0.5, 0.6) is 0 Å². The summed E-state index contributed by atoms with van der Waals surface area (Å²) in [5.41, 5.74) is 10.5. The fraction of sp³-hybridized carbons (Fsp3) is 0.100. The summed E-state index contributed by atoms with van der Waals surface area (Å²) in [7, 11) is 0. The smallest absolute Gasteiger partial charge is 0.308 e. The molecule has 0 saturated carbocycles. The molecule has 0 aliphatic rings. The Labute approximate surface area is 111 Å². The number of nitrogens with one attached hydrogen (secondary N) is 2. The van der Waals surface area contributed by atoms with Crippen molar-refractivity contribution >= 4 is 44.8 Å². The second kappa shape index (κ2) is 5.15. The molecule has 0 bridgehead atoms. The molecule has 94 valence electrons. The van der Waals surface area contributed by atoms with Gasteiger partial charge in [-0.1, -0.05) is 23.5 Å². The Morgan fingerprint density at radius 2 is 2.11 bits per heavy atom. The molecule has 2 rings (SSSR count). The van der Waals surface area contributed by atoms with Gasteiger partial charge < -0.3 is 5.73 Å². The van der Waals surface area contributed by atoms with Crippen LogP contribution in [0.4, 0.5) is 0 Å². The van der Waals surface area contributed by atoms with Crippen LogP contribution in [0.2, 0.25) is 0 Å². The quantitative estimate of drug-likeness (QED) is 0.530. The van der Waals surface area contributed by atoms with E-state index in [1.165, 1.54) is 4.57 Å². The minimum absolute atomic E-state index is 0.0362. The van der Waals surface area contributed by atoms with Crippen molar-refractivity contribution in [1.82, 2.24) is 15.4 Å². The van der Waals surface area contributed by atoms with Crippen LogP contribution in [0.25, 0.3) is 10.2 Å². The highest BCUT2D eigenvalue weighted by molar-refractivity contribution is 7.80. The Kier molecular flexibility index (Phi) is 3.58. The van der Waals surface area contributed by atoms with Crippen molar-refractivity contribution in [3.8, 4) is 0 Å². The van der Waals surface area contributed by atoms with E-state index >= 15 is 0 Å². The van der Waals surface area contributed by atoms with Crippen molar-refractivity contribution in [2.45, 2.75) is 6.54 Å². The summed E-state index contributed by atoms with van der Waals surface area (Å²) in [5.74, 6) is -0.395. The largest absolute Gasteiger partial charge is 0.375 e. The van der Waals surface area contributed by atoms with Gasteiger partial charge in [0, 0.05) is 0 Å². The van der Waals surface area contributed by atoms with Crippen LogP contribution >= 0.6 is 23.6 Å². The monoisotopic (exact) mass is 282 g/mol. The van der Waals surface area contributed by atoms with Gasteiger partial charge in [-0.3, -0.25) is 25.0 Å². The zero-order valence-corrected chi connectivity index (χ0v) is 10.8. The zero-order valence-electron chi connectivity index (χ0n) is 9.17. The van der Waals surface area contributed by atoms with Crippen LogP contribution in [-0.2, 0) is 11.3 Å². The van der Waals surface area contributed by atoms with E-state index in [2.05, 4.69) is 23.1 Å². The van der Waals surface area contributed by atoms with Crippen LogP contribution in [0, 0.1) is 0 Å². The molecule has 0 spiro atoms. The molecule has 1 aromatic carbocycles. The van der Waals surface area contributed by atoms with E-state index in [-0.39, 0.29) is 16.5 Å². The molecule has 2 aromatic rings. The molecule has 0 aliphatic carbocycles. The van der Waals surface area contributed by atoms with Gasteiger partial charge in [-0.2, -0.15) is 0 Å². The number of nitrogens with zero attached hydrogens (tertiary/aromatic N) is 1. The number of carbonyl (C=O) groups is 1. The number of hydrogen-bond donors (Lipinski definition) is 3. The molecule has 4 N–H and O–H groups in total. The Hall–Kier alpha value is -1.93. The summed E-state index contributed by atoms with van der Waals surface area (Å²) >= 11 is 5.65. The van der Waals surface area contributed by atoms with E-state index in [1.807, 2.05) is 18.2 Å². The summed E-state index contributed by atoms with van der Waals surface area (Å²) in [4.78, 5) is 23.1. The summed E-state index contributed by atoms with van der Waals surface area (Å²) in [6.45, 7) is -0.0849. The molecule has 6 nitrogen and oxygen atoms in total. The van der Waals surface area contributed by atoms with Crippen LogP contribution < -0.4 is 21.5 Å². The molecule has 1 heterocycles. The van der Waals surface area contributed by atoms with E-state index in [1.54, 1.807) is 6.07 Å². The number of para-hydroxylation sites is 1. The molecular weight excluding hydrogens is 272 g/mol. The molecule has 18 heavy (non-hydrogen) atoms. The van der Waals surface area contributed by atoms with Crippen molar-refractivity contribution in [3.63, 3.8) is 0 Å². The summed E-state index contributed by atoms with van der Waals surface area (Å²) in [6.07, 6.45) is 0. The van der Waals surface area contributed by atoms with E-state index in [0.717, 1.165) is 21.6 Å². The normalized spacial score (nSPS) is 10.2. The number of nitrogens with two attached hydrogens (primary N) is 1. The number of hydrogen-bond acceptors (Lipinski definition) is 4. The predicted octanol–water partition coefficient (Wildman–Crippen LogP) is -0.0726. The van der Waals surface area contributed by atoms with Crippen LogP contribution in [0.3, 0.4) is 0 Å². The molecule has 1 amide bonds. The maximum Gasteiger partial charge on any atom is 0.308 e. The Morgan fingerprint density at radius 3 is 2.83 bits per heavy atom. The molecule has 0 atom stereocenters. The average molecular weight is 282 g/mol. The van der Waals surface area contributed by atoms with Crippen molar-refractivity contribution < 1.29 is 4.79 Å². The topological polar surface area (TPSA) is 89.2 Å². The minimum atomic E-state index is -0.395. The van der Waals surface area contributed by atoms with Crippen molar-refractivity contribution in [2.24, 2.45) is 5.73 Å². The number of fused-ring (bicyclic) bond motifs is 1. The Morgan fingerprint density at radius 1 is 1.39 bits per heavy atom. The first-order chi connectivity index (χ1) is 8.58. The van der Waals surface area contributed by atoms with E-state index < -0.39 is 5.91 Å². The lowest BCUT2D eigenvalue weighted by Crippen LogP contribution is -2.46. The van der Waals surface area contributed by atoms with Crippen LogP contribution in [0.15, 0.2) is 29.1 Å². The third kappa shape index (κ3) is 2.66. The van der Waals surface area contributed by atoms with Crippen molar-refractivity contribution in [3.05, 3.63) is 33.9 Å². The maximum atomic E-state index is 11.7. The summed E-state index contributed by atoms with van der Waals surface area (Å²) < 4.78 is 2.24. The fourth-order valence-electron chi connectivity index (χ4n) is 1.48. The first-order valence-electron chi connectivity index (χ1n) is 5.00. The summed E-state index contributed by atoms with van der Waals surface area (Å²) in [6, 6.07) is 7.29. The molecule has 0 fully saturated rings. The van der Waals surface area contributed by atoms with Gasteiger partial charge in [0.25, 0.3) is 5.91 Å².